The first-order chi connectivity index (χ1) is 16.8. The Hall–Kier alpha value is -3.53. The Morgan fingerprint density at radius 2 is 1.54 bits per heavy atom. The topological polar surface area (TPSA) is 99.2 Å². The second-order valence-corrected chi connectivity index (χ2v) is 8.64. The summed E-state index contributed by atoms with van der Waals surface area (Å²) in [6, 6.07) is 14.2. The van der Waals surface area contributed by atoms with Gasteiger partial charge in [-0.1, -0.05) is 48.5 Å². The first-order valence-electron chi connectivity index (χ1n) is 11.5. The lowest BCUT2D eigenvalue weighted by molar-refractivity contribution is -0.140. The van der Waals surface area contributed by atoms with Crippen molar-refractivity contribution in [1.82, 2.24) is 15.1 Å². The minimum absolute atomic E-state index is 0.00329. The second-order valence-electron chi connectivity index (χ2n) is 8.64. The molecule has 1 heterocycles. The second kappa shape index (κ2) is 10.8. The van der Waals surface area contributed by atoms with Crippen LogP contribution in [0.15, 0.2) is 48.5 Å². The zero-order chi connectivity index (χ0) is 24.9. The summed E-state index contributed by atoms with van der Waals surface area (Å²) in [5.41, 5.74) is 4.15. The number of halogens is 2. The van der Waals surface area contributed by atoms with Crippen molar-refractivity contribution in [2.75, 3.05) is 39.3 Å². The summed E-state index contributed by atoms with van der Waals surface area (Å²) in [4.78, 5) is 39.3. The van der Waals surface area contributed by atoms with E-state index in [0.717, 1.165) is 22.3 Å². The molecule has 1 fully saturated rings. The summed E-state index contributed by atoms with van der Waals surface area (Å²) in [7, 11) is 0. The molecule has 10 heteroatoms. The van der Waals surface area contributed by atoms with Crippen LogP contribution in [0.25, 0.3) is 11.1 Å². The van der Waals surface area contributed by atoms with E-state index in [9.17, 15) is 23.2 Å². The van der Waals surface area contributed by atoms with Crippen LogP contribution >= 0.6 is 0 Å². The molecule has 2 amide bonds. The molecular weight excluding hydrogens is 460 g/mol. The van der Waals surface area contributed by atoms with Crippen LogP contribution in [0.3, 0.4) is 0 Å². The molecule has 2 aromatic carbocycles. The Kier molecular flexibility index (Phi) is 7.60. The lowest BCUT2D eigenvalue weighted by Gasteiger charge is -2.35. The smallest absolute Gasteiger partial charge is 0.407 e. The maximum atomic E-state index is 13.2. The van der Waals surface area contributed by atoms with E-state index in [1.54, 1.807) is 4.90 Å². The minimum Gasteiger partial charge on any atom is -0.480 e. The Balaban J connectivity index is 1.37. The molecule has 8 nitrogen and oxygen atoms in total. The van der Waals surface area contributed by atoms with Crippen LogP contribution in [0.2, 0.25) is 0 Å². The molecule has 0 aromatic heterocycles. The van der Waals surface area contributed by atoms with Gasteiger partial charge in [-0.15, -0.1) is 0 Å². The summed E-state index contributed by atoms with van der Waals surface area (Å²) in [6.45, 7) is 0.856. The van der Waals surface area contributed by atoms with Gasteiger partial charge in [0.05, 0.1) is 6.54 Å². The molecule has 1 aliphatic carbocycles. The first kappa shape index (κ1) is 24.6. The predicted octanol–water partition coefficient (Wildman–Crippen LogP) is 2.78. The van der Waals surface area contributed by atoms with Gasteiger partial charge in [-0.05, 0) is 22.3 Å². The van der Waals surface area contributed by atoms with Gasteiger partial charge >= 0.3 is 12.1 Å². The van der Waals surface area contributed by atoms with Crippen molar-refractivity contribution >= 4 is 18.0 Å². The van der Waals surface area contributed by atoms with Crippen LogP contribution < -0.4 is 5.32 Å². The van der Waals surface area contributed by atoms with Gasteiger partial charge in [0.2, 0.25) is 12.3 Å². The third-order valence-electron chi connectivity index (χ3n) is 6.39. The number of rotatable bonds is 8. The van der Waals surface area contributed by atoms with Gasteiger partial charge in [-0.2, -0.15) is 0 Å². The number of alkyl halides is 2. The van der Waals surface area contributed by atoms with Crippen LogP contribution in [0.4, 0.5) is 13.6 Å². The van der Waals surface area contributed by atoms with Crippen LogP contribution in [-0.4, -0.2) is 84.7 Å². The van der Waals surface area contributed by atoms with Crippen molar-refractivity contribution in [1.29, 1.82) is 0 Å². The summed E-state index contributed by atoms with van der Waals surface area (Å²) >= 11 is 0. The maximum absolute atomic E-state index is 13.2. The summed E-state index contributed by atoms with van der Waals surface area (Å²) in [5.74, 6) is -1.80. The standard InChI is InChI=1S/C25H27F2N3O5/c26-22(27)13-21(24(33)30-11-9-29(10-12-30)14-23(31)32)28-25(34)35-15-20-18-7-3-1-5-16(18)17-6-2-4-8-19(17)20/h1-8,20-22H,9-15H2,(H,28,34)(H,31,32). The molecule has 1 unspecified atom stereocenters. The van der Waals surface area contributed by atoms with Gasteiger partial charge in [0.15, 0.2) is 0 Å². The SMILES string of the molecule is O=C(O)CN1CCN(C(=O)C(CC(F)F)NC(=O)OCC2c3ccccc3-c3ccccc32)CC1. The fourth-order valence-electron chi connectivity index (χ4n) is 4.72. The van der Waals surface area contributed by atoms with E-state index in [-0.39, 0.29) is 32.2 Å². The van der Waals surface area contributed by atoms with Crippen molar-refractivity contribution in [2.45, 2.75) is 24.8 Å². The van der Waals surface area contributed by atoms with Crippen LogP contribution in [0.5, 0.6) is 0 Å². The fraction of sp³-hybridized carbons (Fsp3) is 0.400. The zero-order valence-corrected chi connectivity index (χ0v) is 19.0. The van der Waals surface area contributed by atoms with E-state index in [4.69, 9.17) is 9.84 Å². The molecule has 1 saturated heterocycles. The zero-order valence-electron chi connectivity index (χ0n) is 19.0. The summed E-state index contributed by atoms with van der Waals surface area (Å²) in [6.07, 6.45) is -4.57. The number of fused-ring (bicyclic) bond motifs is 3. The highest BCUT2D eigenvalue weighted by Gasteiger charge is 2.33. The summed E-state index contributed by atoms with van der Waals surface area (Å²) < 4.78 is 31.8. The third-order valence-corrected chi connectivity index (χ3v) is 6.39. The average Bonchev–Trinajstić information content (AvgIpc) is 3.15. The number of aliphatic carboxylic acids is 1. The van der Waals surface area contributed by atoms with Crippen molar-refractivity contribution in [3.63, 3.8) is 0 Å². The van der Waals surface area contributed by atoms with E-state index >= 15 is 0 Å². The van der Waals surface area contributed by atoms with Crippen molar-refractivity contribution in [3.05, 3.63) is 59.7 Å². The number of piperazine rings is 1. The van der Waals surface area contributed by atoms with E-state index in [2.05, 4.69) is 5.32 Å². The molecular formula is C25H27F2N3O5. The van der Waals surface area contributed by atoms with Crippen molar-refractivity contribution in [2.24, 2.45) is 0 Å². The van der Waals surface area contributed by atoms with Crippen molar-refractivity contribution in [3.8, 4) is 11.1 Å². The van der Waals surface area contributed by atoms with Crippen LogP contribution in [0, 0.1) is 0 Å². The van der Waals surface area contributed by atoms with E-state index in [0.29, 0.717) is 13.1 Å². The first-order valence-corrected chi connectivity index (χ1v) is 11.5. The number of carbonyl (C=O) groups is 3. The lowest BCUT2D eigenvalue weighted by Crippen LogP contribution is -2.56. The van der Waals surface area contributed by atoms with E-state index in [1.807, 2.05) is 48.5 Å². The molecule has 1 atom stereocenters. The lowest BCUT2D eigenvalue weighted by atomic mass is 9.98. The maximum Gasteiger partial charge on any atom is 0.407 e. The van der Waals surface area contributed by atoms with Crippen LogP contribution in [0.1, 0.15) is 23.5 Å². The highest BCUT2D eigenvalue weighted by atomic mass is 19.3. The number of nitrogens with zero attached hydrogens (tertiary/aromatic N) is 2. The molecule has 35 heavy (non-hydrogen) atoms. The fourth-order valence-corrected chi connectivity index (χ4v) is 4.72. The van der Waals surface area contributed by atoms with Crippen molar-refractivity contribution < 1.29 is 33.0 Å². The Morgan fingerprint density at radius 3 is 2.09 bits per heavy atom. The number of alkyl carbamates (subject to hydrolysis) is 1. The number of nitrogens with one attached hydrogen (secondary N) is 1. The highest BCUT2D eigenvalue weighted by molar-refractivity contribution is 5.86. The van der Waals surface area contributed by atoms with Gasteiger partial charge in [-0.25, -0.2) is 13.6 Å². The average molecular weight is 488 g/mol. The number of carboxylic acid groups (broad SMARTS) is 1. The molecule has 186 valence electrons. The Labute approximate surface area is 201 Å². The molecule has 1 aliphatic heterocycles. The number of amides is 2. The quantitative estimate of drug-likeness (QED) is 0.594. The van der Waals surface area contributed by atoms with E-state index < -0.39 is 36.9 Å². The largest absolute Gasteiger partial charge is 0.480 e. The van der Waals surface area contributed by atoms with E-state index in [1.165, 1.54) is 4.90 Å². The minimum atomic E-state index is -2.80. The molecule has 0 bridgehead atoms. The number of hydrogen-bond acceptors (Lipinski definition) is 5. The van der Waals surface area contributed by atoms with Gasteiger partial charge in [-0.3, -0.25) is 14.5 Å². The van der Waals surface area contributed by atoms with Crippen LogP contribution in [-0.2, 0) is 14.3 Å². The highest BCUT2D eigenvalue weighted by Crippen LogP contribution is 2.44. The predicted molar refractivity (Wildman–Crippen MR) is 123 cm³/mol. The molecule has 0 radical (unpaired) electrons. The molecule has 2 aromatic rings. The monoisotopic (exact) mass is 487 g/mol. The number of ether oxygens (including phenoxy) is 1. The normalized spacial score (nSPS) is 16.5. The molecule has 2 N–H and O–H groups in total. The van der Waals surface area contributed by atoms with Gasteiger partial charge < -0.3 is 20.1 Å². The van der Waals surface area contributed by atoms with Gasteiger partial charge in [0.25, 0.3) is 0 Å². The number of hydrogen-bond donors (Lipinski definition) is 2. The molecule has 0 saturated carbocycles. The summed E-state index contributed by atoms with van der Waals surface area (Å²) in [5, 5.41) is 11.2. The number of benzene rings is 2. The molecule has 4 rings (SSSR count). The molecule has 2 aliphatic rings. The number of carbonyl (C=O) groups excluding carboxylic acids is 2. The third kappa shape index (κ3) is 5.76. The van der Waals surface area contributed by atoms with Gasteiger partial charge in [0, 0.05) is 38.5 Å². The Bertz CT molecular complexity index is 1040. The Morgan fingerprint density at radius 1 is 0.971 bits per heavy atom. The van der Waals surface area contributed by atoms with Gasteiger partial charge in [0.1, 0.15) is 12.6 Å². The molecule has 0 spiro atoms. The number of carboxylic acids is 1.